The molecule has 0 radical (unpaired) electrons. The van der Waals surface area contributed by atoms with Gasteiger partial charge < -0.3 is 34.3 Å². The molecular weight excluding hydrogens is 536 g/mol. The zero-order chi connectivity index (χ0) is 29.1. The monoisotopic (exact) mass is 570 g/mol. The fourth-order valence-electron chi connectivity index (χ4n) is 4.56. The van der Waals surface area contributed by atoms with Crippen LogP contribution in [-0.2, 0) is 22.6 Å². The number of imidazole rings is 1. The minimum Gasteiger partial charge on any atom is -0.465 e. The summed E-state index contributed by atoms with van der Waals surface area (Å²) in [6.45, 7) is 4.67. The summed E-state index contributed by atoms with van der Waals surface area (Å²) in [4.78, 5) is 19.4. The SMILES string of the molecule is C[C@H](OC1CCCCO1)c1nccn1Cc1cc(-c2ccc(C#Cc3ccc(CNCCNC(=O)O)nc3)cc2)on1. The average Bonchev–Trinajstić information content (AvgIpc) is 3.67. The summed E-state index contributed by atoms with van der Waals surface area (Å²) in [6, 6.07) is 13.6. The molecule has 3 aromatic heterocycles. The number of nitrogens with zero attached hydrogens (tertiary/aromatic N) is 4. The fraction of sp³-hybridized carbons (Fsp3) is 0.355. The van der Waals surface area contributed by atoms with Gasteiger partial charge in [-0.2, -0.15) is 0 Å². The van der Waals surface area contributed by atoms with Crippen molar-refractivity contribution in [2.24, 2.45) is 0 Å². The molecule has 218 valence electrons. The fourth-order valence-corrected chi connectivity index (χ4v) is 4.56. The van der Waals surface area contributed by atoms with Crippen LogP contribution in [0.25, 0.3) is 11.3 Å². The van der Waals surface area contributed by atoms with E-state index < -0.39 is 6.09 Å². The van der Waals surface area contributed by atoms with Gasteiger partial charge in [-0.1, -0.05) is 17.0 Å². The van der Waals surface area contributed by atoms with Crippen molar-refractivity contribution >= 4 is 6.09 Å². The summed E-state index contributed by atoms with van der Waals surface area (Å²) >= 11 is 0. The Labute approximate surface area is 244 Å². The van der Waals surface area contributed by atoms with Gasteiger partial charge in [-0.25, -0.2) is 9.78 Å². The lowest BCUT2D eigenvalue weighted by molar-refractivity contribution is -0.188. The van der Waals surface area contributed by atoms with Gasteiger partial charge >= 0.3 is 6.09 Å². The van der Waals surface area contributed by atoms with E-state index in [1.54, 1.807) is 12.4 Å². The van der Waals surface area contributed by atoms with Gasteiger partial charge in [0.1, 0.15) is 17.6 Å². The molecule has 0 aliphatic carbocycles. The molecule has 4 heterocycles. The Morgan fingerprint density at radius 1 is 1.12 bits per heavy atom. The van der Waals surface area contributed by atoms with Crippen LogP contribution in [0.4, 0.5) is 4.79 Å². The summed E-state index contributed by atoms with van der Waals surface area (Å²) in [5, 5.41) is 18.3. The number of hydrogen-bond donors (Lipinski definition) is 3. The molecule has 1 fully saturated rings. The van der Waals surface area contributed by atoms with E-state index in [1.165, 1.54) is 0 Å². The van der Waals surface area contributed by atoms with Crippen molar-refractivity contribution in [3.8, 4) is 23.2 Å². The molecule has 2 atom stereocenters. The van der Waals surface area contributed by atoms with Crippen LogP contribution in [0.3, 0.4) is 0 Å². The molecule has 0 saturated carbocycles. The Morgan fingerprint density at radius 2 is 1.95 bits per heavy atom. The van der Waals surface area contributed by atoms with E-state index in [1.807, 2.05) is 60.2 Å². The van der Waals surface area contributed by atoms with Crippen LogP contribution < -0.4 is 10.6 Å². The summed E-state index contributed by atoms with van der Waals surface area (Å²) in [6.07, 6.45) is 7.10. The lowest BCUT2D eigenvalue weighted by Crippen LogP contribution is -2.30. The molecule has 0 bridgehead atoms. The average molecular weight is 571 g/mol. The third-order valence-electron chi connectivity index (χ3n) is 6.73. The lowest BCUT2D eigenvalue weighted by atomic mass is 10.1. The highest BCUT2D eigenvalue weighted by Gasteiger charge is 2.21. The second-order valence-corrected chi connectivity index (χ2v) is 9.94. The molecule has 42 heavy (non-hydrogen) atoms. The predicted molar refractivity (Wildman–Crippen MR) is 154 cm³/mol. The summed E-state index contributed by atoms with van der Waals surface area (Å²) in [7, 11) is 0. The third kappa shape index (κ3) is 8.27. The van der Waals surface area contributed by atoms with E-state index in [-0.39, 0.29) is 12.4 Å². The quantitative estimate of drug-likeness (QED) is 0.178. The summed E-state index contributed by atoms with van der Waals surface area (Å²) < 4.78 is 19.5. The number of carboxylic acid groups (broad SMARTS) is 1. The van der Waals surface area contributed by atoms with E-state index in [0.717, 1.165) is 59.8 Å². The van der Waals surface area contributed by atoms with Crippen LogP contribution in [-0.4, -0.2) is 56.9 Å². The smallest absolute Gasteiger partial charge is 0.404 e. The molecule has 1 amide bonds. The van der Waals surface area contributed by atoms with Crippen molar-refractivity contribution in [1.82, 2.24) is 30.3 Å². The van der Waals surface area contributed by atoms with Crippen molar-refractivity contribution in [2.45, 2.75) is 51.7 Å². The first-order valence-corrected chi connectivity index (χ1v) is 14.0. The predicted octanol–water partition coefficient (Wildman–Crippen LogP) is 4.34. The van der Waals surface area contributed by atoms with Crippen LogP contribution in [0.15, 0.2) is 65.6 Å². The van der Waals surface area contributed by atoms with Crippen molar-refractivity contribution < 1.29 is 23.9 Å². The highest BCUT2D eigenvalue weighted by atomic mass is 16.7. The van der Waals surface area contributed by atoms with Crippen molar-refractivity contribution in [2.75, 3.05) is 19.7 Å². The molecule has 3 N–H and O–H groups in total. The minimum atomic E-state index is -1.03. The molecule has 0 spiro atoms. The van der Waals surface area contributed by atoms with Gasteiger partial charge in [0.05, 0.1) is 12.2 Å². The number of pyridine rings is 1. The topological polar surface area (TPSA) is 137 Å². The normalized spacial score (nSPS) is 15.5. The van der Waals surface area contributed by atoms with E-state index in [2.05, 4.69) is 37.6 Å². The van der Waals surface area contributed by atoms with Gasteiger partial charge in [0.2, 0.25) is 0 Å². The van der Waals surface area contributed by atoms with Crippen molar-refractivity contribution in [3.05, 3.63) is 89.4 Å². The molecular formula is C31H34N6O5. The van der Waals surface area contributed by atoms with Gasteiger partial charge in [-0.15, -0.1) is 0 Å². The number of aromatic nitrogens is 4. The third-order valence-corrected chi connectivity index (χ3v) is 6.73. The van der Waals surface area contributed by atoms with Gasteiger partial charge in [0.25, 0.3) is 0 Å². The zero-order valence-corrected chi connectivity index (χ0v) is 23.5. The standard InChI is InChI=1S/C31H34N6O5/c1-22(41-29-4-2-3-17-40-29)30-33-15-16-37(30)21-27-18-28(42-36-27)25-10-7-23(8-11-25)5-6-24-9-12-26(35-19-24)20-32-13-14-34-31(38)39/h7-12,15-16,18-19,22,29,32,34H,2-4,13-14,17,20-21H2,1H3,(H,38,39)/t22-,29?/m0/s1. The number of benzene rings is 1. The first kappa shape index (κ1) is 29.0. The van der Waals surface area contributed by atoms with E-state index in [9.17, 15) is 4.79 Å². The van der Waals surface area contributed by atoms with Crippen LogP contribution in [0, 0.1) is 11.8 Å². The van der Waals surface area contributed by atoms with E-state index in [0.29, 0.717) is 31.9 Å². The van der Waals surface area contributed by atoms with Gasteiger partial charge in [-0.05, 0) is 62.6 Å². The zero-order valence-electron chi connectivity index (χ0n) is 23.5. The minimum absolute atomic E-state index is 0.183. The number of nitrogens with one attached hydrogen (secondary N) is 2. The maximum atomic E-state index is 10.5. The highest BCUT2D eigenvalue weighted by Crippen LogP contribution is 2.25. The molecule has 1 aliphatic heterocycles. The number of ether oxygens (including phenoxy) is 2. The maximum absolute atomic E-state index is 10.5. The molecule has 1 aromatic carbocycles. The second-order valence-electron chi connectivity index (χ2n) is 9.94. The second kappa shape index (κ2) is 14.4. The Kier molecular flexibility index (Phi) is 9.95. The first-order chi connectivity index (χ1) is 20.5. The van der Waals surface area contributed by atoms with Crippen molar-refractivity contribution in [1.29, 1.82) is 0 Å². The van der Waals surface area contributed by atoms with Crippen LogP contribution in [0.1, 0.15) is 60.6 Å². The molecule has 1 saturated heterocycles. The van der Waals surface area contributed by atoms with Gasteiger partial charge in [-0.3, -0.25) is 4.98 Å². The van der Waals surface area contributed by atoms with E-state index >= 15 is 0 Å². The number of rotatable bonds is 11. The van der Waals surface area contributed by atoms with Crippen LogP contribution >= 0.6 is 0 Å². The number of carbonyl (C=O) groups is 1. The Balaban J connectivity index is 1.13. The lowest BCUT2D eigenvalue weighted by Gasteiger charge is -2.26. The Morgan fingerprint density at radius 3 is 2.71 bits per heavy atom. The van der Waals surface area contributed by atoms with Crippen LogP contribution in [0.2, 0.25) is 0 Å². The maximum Gasteiger partial charge on any atom is 0.404 e. The summed E-state index contributed by atoms with van der Waals surface area (Å²) in [5.74, 6) is 7.80. The van der Waals surface area contributed by atoms with Crippen LogP contribution in [0.5, 0.6) is 0 Å². The van der Waals surface area contributed by atoms with Crippen molar-refractivity contribution in [3.63, 3.8) is 0 Å². The molecule has 11 heteroatoms. The van der Waals surface area contributed by atoms with Gasteiger partial charge in [0.15, 0.2) is 12.1 Å². The molecule has 1 unspecified atom stereocenters. The highest BCUT2D eigenvalue weighted by molar-refractivity contribution is 5.64. The molecule has 4 aromatic rings. The number of amides is 1. The van der Waals surface area contributed by atoms with Gasteiger partial charge in [0, 0.05) is 67.6 Å². The largest absolute Gasteiger partial charge is 0.465 e. The molecule has 1 aliphatic rings. The van der Waals surface area contributed by atoms with E-state index in [4.69, 9.17) is 19.1 Å². The summed E-state index contributed by atoms with van der Waals surface area (Å²) in [5.41, 5.74) is 4.23. The number of hydrogen-bond acceptors (Lipinski definition) is 8. The molecule has 5 rings (SSSR count). The first-order valence-electron chi connectivity index (χ1n) is 14.0. The Hall–Kier alpha value is -4.50. The Bertz CT molecular complexity index is 1500. The molecule has 11 nitrogen and oxygen atoms in total.